The van der Waals surface area contributed by atoms with E-state index >= 15 is 0 Å². The van der Waals surface area contributed by atoms with Crippen molar-refractivity contribution in [3.8, 4) is 10.4 Å². The summed E-state index contributed by atoms with van der Waals surface area (Å²) in [6.45, 7) is 4.10. The standard InChI is InChI=1S/C12H14N4S/c1-8-2-3-17-11(8)9-4-14-12(15-5-9)16-10-6-13-7-10/h2-5,10,13H,6-7H2,1H3,(H,14,15,16). The van der Waals surface area contributed by atoms with Crippen molar-refractivity contribution >= 4 is 17.3 Å². The molecule has 1 saturated heterocycles. The van der Waals surface area contributed by atoms with Crippen LogP contribution in [-0.2, 0) is 0 Å². The molecule has 0 radical (unpaired) electrons. The predicted molar refractivity (Wildman–Crippen MR) is 70.4 cm³/mol. The molecule has 17 heavy (non-hydrogen) atoms. The van der Waals surface area contributed by atoms with Gasteiger partial charge in [0, 0.05) is 35.9 Å². The highest BCUT2D eigenvalue weighted by Gasteiger charge is 2.16. The summed E-state index contributed by atoms with van der Waals surface area (Å²) in [4.78, 5) is 9.96. The highest BCUT2D eigenvalue weighted by molar-refractivity contribution is 7.13. The molecule has 5 heteroatoms. The van der Waals surface area contributed by atoms with E-state index in [1.807, 2.05) is 12.4 Å². The largest absolute Gasteiger partial charge is 0.349 e. The van der Waals surface area contributed by atoms with Crippen molar-refractivity contribution in [2.45, 2.75) is 13.0 Å². The van der Waals surface area contributed by atoms with Gasteiger partial charge in [-0.1, -0.05) is 0 Å². The summed E-state index contributed by atoms with van der Waals surface area (Å²) in [5, 5.41) is 8.58. The van der Waals surface area contributed by atoms with E-state index in [2.05, 4.69) is 39.0 Å². The minimum Gasteiger partial charge on any atom is -0.349 e. The van der Waals surface area contributed by atoms with Crippen molar-refractivity contribution in [2.75, 3.05) is 18.4 Å². The Hall–Kier alpha value is -1.46. The van der Waals surface area contributed by atoms with Crippen molar-refractivity contribution in [3.05, 3.63) is 29.4 Å². The molecule has 0 spiro atoms. The summed E-state index contributed by atoms with van der Waals surface area (Å²) in [5.74, 6) is 0.717. The number of aryl methyl sites for hydroxylation is 1. The lowest BCUT2D eigenvalue weighted by Gasteiger charge is -2.27. The first-order valence-electron chi connectivity index (χ1n) is 5.67. The van der Waals surface area contributed by atoms with Crippen LogP contribution in [0.25, 0.3) is 10.4 Å². The Labute approximate surface area is 104 Å². The molecule has 4 nitrogen and oxygen atoms in total. The van der Waals surface area contributed by atoms with Crippen molar-refractivity contribution in [1.29, 1.82) is 0 Å². The number of hydrogen-bond donors (Lipinski definition) is 2. The maximum atomic E-state index is 4.35. The Morgan fingerprint density at radius 1 is 1.35 bits per heavy atom. The van der Waals surface area contributed by atoms with Crippen LogP contribution in [0.4, 0.5) is 5.95 Å². The van der Waals surface area contributed by atoms with Crippen LogP contribution in [0.2, 0.25) is 0 Å². The van der Waals surface area contributed by atoms with Gasteiger partial charge >= 0.3 is 0 Å². The molecule has 2 aromatic rings. The summed E-state index contributed by atoms with van der Waals surface area (Å²) < 4.78 is 0. The van der Waals surface area contributed by atoms with Crippen LogP contribution < -0.4 is 10.6 Å². The Morgan fingerprint density at radius 2 is 2.12 bits per heavy atom. The maximum Gasteiger partial charge on any atom is 0.222 e. The summed E-state index contributed by atoms with van der Waals surface area (Å²) >= 11 is 1.73. The topological polar surface area (TPSA) is 49.8 Å². The van der Waals surface area contributed by atoms with Gasteiger partial charge in [0.1, 0.15) is 0 Å². The van der Waals surface area contributed by atoms with Crippen LogP contribution in [-0.4, -0.2) is 29.1 Å². The molecule has 2 aromatic heterocycles. The first-order valence-corrected chi connectivity index (χ1v) is 6.54. The van der Waals surface area contributed by atoms with E-state index in [1.165, 1.54) is 10.4 Å². The molecule has 3 heterocycles. The molecule has 0 bridgehead atoms. The zero-order valence-electron chi connectivity index (χ0n) is 9.60. The summed E-state index contributed by atoms with van der Waals surface area (Å²) in [5.41, 5.74) is 2.37. The lowest BCUT2D eigenvalue weighted by Crippen LogP contribution is -2.51. The maximum absolute atomic E-state index is 4.35. The average Bonchev–Trinajstić information content (AvgIpc) is 2.71. The van der Waals surface area contributed by atoms with Gasteiger partial charge in [0.25, 0.3) is 0 Å². The molecule has 1 aliphatic rings. The van der Waals surface area contributed by atoms with Crippen LogP contribution in [0, 0.1) is 6.92 Å². The fourth-order valence-electron chi connectivity index (χ4n) is 1.76. The average molecular weight is 246 g/mol. The van der Waals surface area contributed by atoms with Crippen LogP contribution >= 0.6 is 11.3 Å². The van der Waals surface area contributed by atoms with Gasteiger partial charge in [-0.25, -0.2) is 9.97 Å². The van der Waals surface area contributed by atoms with Crippen molar-refractivity contribution in [3.63, 3.8) is 0 Å². The van der Waals surface area contributed by atoms with Crippen molar-refractivity contribution < 1.29 is 0 Å². The summed E-state index contributed by atoms with van der Waals surface area (Å²) in [6.07, 6.45) is 3.78. The molecule has 1 fully saturated rings. The normalized spacial score (nSPS) is 15.6. The van der Waals surface area contributed by atoms with E-state index in [4.69, 9.17) is 0 Å². The zero-order valence-corrected chi connectivity index (χ0v) is 10.4. The minimum absolute atomic E-state index is 0.476. The zero-order chi connectivity index (χ0) is 11.7. The van der Waals surface area contributed by atoms with Gasteiger partial charge in [-0.15, -0.1) is 11.3 Å². The van der Waals surface area contributed by atoms with E-state index in [1.54, 1.807) is 11.3 Å². The fraction of sp³-hybridized carbons (Fsp3) is 0.333. The number of aromatic nitrogens is 2. The van der Waals surface area contributed by atoms with Gasteiger partial charge in [0.05, 0.1) is 6.04 Å². The van der Waals surface area contributed by atoms with Crippen LogP contribution in [0.15, 0.2) is 23.8 Å². The third-order valence-corrected chi connectivity index (χ3v) is 3.96. The smallest absolute Gasteiger partial charge is 0.222 e. The quantitative estimate of drug-likeness (QED) is 0.868. The third-order valence-electron chi connectivity index (χ3n) is 2.89. The van der Waals surface area contributed by atoms with Crippen LogP contribution in [0.1, 0.15) is 5.56 Å². The summed E-state index contributed by atoms with van der Waals surface area (Å²) in [6, 6.07) is 2.59. The molecule has 0 aliphatic carbocycles. The van der Waals surface area contributed by atoms with E-state index in [-0.39, 0.29) is 0 Å². The number of thiophene rings is 1. The Kier molecular flexibility index (Phi) is 2.78. The molecule has 0 atom stereocenters. The third kappa shape index (κ3) is 2.16. The molecule has 0 unspecified atom stereocenters. The molecular weight excluding hydrogens is 232 g/mol. The first kappa shape index (κ1) is 10.7. The first-order chi connectivity index (χ1) is 8.33. The van der Waals surface area contributed by atoms with E-state index < -0.39 is 0 Å². The van der Waals surface area contributed by atoms with E-state index in [0.29, 0.717) is 6.04 Å². The molecule has 88 valence electrons. The van der Waals surface area contributed by atoms with Gasteiger partial charge < -0.3 is 10.6 Å². The number of rotatable bonds is 3. The van der Waals surface area contributed by atoms with Gasteiger partial charge in [-0.2, -0.15) is 0 Å². The van der Waals surface area contributed by atoms with Gasteiger partial charge in [-0.3, -0.25) is 0 Å². The lowest BCUT2D eigenvalue weighted by molar-refractivity contribution is 0.470. The molecule has 1 aliphatic heterocycles. The van der Waals surface area contributed by atoms with Crippen molar-refractivity contribution in [1.82, 2.24) is 15.3 Å². The van der Waals surface area contributed by atoms with Crippen LogP contribution in [0.3, 0.4) is 0 Å². The Bertz CT molecular complexity index is 501. The number of nitrogens with one attached hydrogen (secondary N) is 2. The second-order valence-electron chi connectivity index (χ2n) is 4.23. The second-order valence-corrected chi connectivity index (χ2v) is 5.14. The number of nitrogens with zero attached hydrogens (tertiary/aromatic N) is 2. The monoisotopic (exact) mass is 246 g/mol. The summed E-state index contributed by atoms with van der Waals surface area (Å²) in [7, 11) is 0. The van der Waals surface area contributed by atoms with Gasteiger partial charge in [-0.05, 0) is 23.9 Å². The molecule has 2 N–H and O–H groups in total. The van der Waals surface area contributed by atoms with E-state index in [0.717, 1.165) is 24.6 Å². The molecule has 0 amide bonds. The Morgan fingerprint density at radius 3 is 2.65 bits per heavy atom. The van der Waals surface area contributed by atoms with Crippen molar-refractivity contribution in [2.24, 2.45) is 0 Å². The van der Waals surface area contributed by atoms with E-state index in [9.17, 15) is 0 Å². The SMILES string of the molecule is Cc1ccsc1-c1cnc(NC2CNC2)nc1. The second kappa shape index (κ2) is 4.43. The highest BCUT2D eigenvalue weighted by Crippen LogP contribution is 2.27. The highest BCUT2D eigenvalue weighted by atomic mass is 32.1. The van der Waals surface area contributed by atoms with Gasteiger partial charge in [0.2, 0.25) is 5.95 Å². The Balaban J connectivity index is 1.77. The lowest BCUT2D eigenvalue weighted by atomic mass is 10.2. The minimum atomic E-state index is 0.476. The van der Waals surface area contributed by atoms with Crippen LogP contribution in [0.5, 0.6) is 0 Å². The van der Waals surface area contributed by atoms with Gasteiger partial charge in [0.15, 0.2) is 0 Å². The molecule has 0 saturated carbocycles. The number of anilines is 1. The molecule has 0 aromatic carbocycles. The number of hydrogen-bond acceptors (Lipinski definition) is 5. The molecular formula is C12H14N4S. The predicted octanol–water partition coefficient (Wildman–Crippen LogP) is 1.90. The fourth-order valence-corrected chi connectivity index (χ4v) is 2.67. The molecule has 3 rings (SSSR count).